The minimum absolute atomic E-state index is 0.236. The molecule has 0 amide bonds. The Morgan fingerprint density at radius 1 is 0.920 bits per heavy atom. The number of halogens is 1. The fraction of sp³-hybridized carbons (Fsp3) is 0.429. The Hall–Kier alpha value is -1.75. The van der Waals surface area contributed by atoms with Crippen molar-refractivity contribution in [1.82, 2.24) is 4.90 Å². The van der Waals surface area contributed by atoms with Crippen LogP contribution >= 0.6 is 0 Å². The third kappa shape index (κ3) is 7.78. The first-order valence-electron chi connectivity index (χ1n) is 8.79. The average molecular weight is 345 g/mol. The zero-order valence-electron chi connectivity index (χ0n) is 15.1. The molecule has 0 aromatic heterocycles. The van der Waals surface area contributed by atoms with Crippen molar-refractivity contribution in [1.29, 1.82) is 0 Å². The van der Waals surface area contributed by atoms with Gasteiger partial charge in [0, 0.05) is 26.2 Å². The zero-order chi connectivity index (χ0) is 18.1. The number of aliphatic hydroxyl groups is 1. The molecule has 2 rings (SSSR count). The highest BCUT2D eigenvalue weighted by atomic mass is 19.1. The molecule has 2 aromatic carbocycles. The highest BCUT2D eigenvalue weighted by Crippen LogP contribution is 2.12. The van der Waals surface area contributed by atoms with E-state index in [9.17, 15) is 9.50 Å². The molecule has 1 N–H and O–H groups in total. The largest absolute Gasteiger partial charge is 0.389 e. The van der Waals surface area contributed by atoms with Crippen LogP contribution in [0.5, 0.6) is 0 Å². The minimum atomic E-state index is -0.553. The zero-order valence-corrected chi connectivity index (χ0v) is 15.1. The van der Waals surface area contributed by atoms with Crippen LogP contribution in [0.4, 0.5) is 4.39 Å². The molecular formula is C21H28FNO2. The molecule has 0 unspecified atom stereocenters. The first-order chi connectivity index (χ1) is 12.0. The molecule has 3 nitrogen and oxygen atoms in total. The van der Waals surface area contributed by atoms with Gasteiger partial charge in [0.1, 0.15) is 5.82 Å². The maximum absolute atomic E-state index is 13.1. The summed E-state index contributed by atoms with van der Waals surface area (Å²) in [5, 5.41) is 10.3. The van der Waals surface area contributed by atoms with E-state index in [-0.39, 0.29) is 5.82 Å². The van der Waals surface area contributed by atoms with Gasteiger partial charge >= 0.3 is 0 Å². The third-order valence-electron chi connectivity index (χ3n) is 3.80. The molecule has 0 aliphatic rings. The van der Waals surface area contributed by atoms with Crippen LogP contribution in [0.2, 0.25) is 0 Å². The van der Waals surface area contributed by atoms with E-state index in [0.717, 1.165) is 12.1 Å². The molecule has 0 fully saturated rings. The van der Waals surface area contributed by atoms with Crippen LogP contribution in [0, 0.1) is 11.7 Å². The van der Waals surface area contributed by atoms with Crippen molar-refractivity contribution in [3.8, 4) is 0 Å². The van der Waals surface area contributed by atoms with E-state index >= 15 is 0 Å². The van der Waals surface area contributed by atoms with Gasteiger partial charge in [0.2, 0.25) is 0 Å². The van der Waals surface area contributed by atoms with Crippen molar-refractivity contribution in [3.05, 3.63) is 71.5 Å². The van der Waals surface area contributed by atoms with Gasteiger partial charge in [-0.05, 0) is 29.2 Å². The Bertz CT molecular complexity index is 601. The highest BCUT2D eigenvalue weighted by Gasteiger charge is 2.14. The van der Waals surface area contributed by atoms with Crippen LogP contribution in [0.3, 0.4) is 0 Å². The van der Waals surface area contributed by atoms with Crippen LogP contribution in [0.1, 0.15) is 25.0 Å². The van der Waals surface area contributed by atoms with E-state index in [1.807, 2.05) is 18.2 Å². The number of hydrogen-bond donors (Lipinski definition) is 1. The normalized spacial score (nSPS) is 12.7. The third-order valence-corrected chi connectivity index (χ3v) is 3.80. The molecule has 0 bridgehead atoms. The van der Waals surface area contributed by atoms with Gasteiger partial charge in [0.15, 0.2) is 0 Å². The maximum atomic E-state index is 13.1. The lowest BCUT2D eigenvalue weighted by Crippen LogP contribution is -2.34. The van der Waals surface area contributed by atoms with Crippen molar-refractivity contribution in [3.63, 3.8) is 0 Å². The van der Waals surface area contributed by atoms with Gasteiger partial charge in [-0.25, -0.2) is 4.39 Å². The lowest BCUT2D eigenvalue weighted by atomic mass is 10.1. The van der Waals surface area contributed by atoms with Crippen LogP contribution in [-0.2, 0) is 17.8 Å². The summed E-state index contributed by atoms with van der Waals surface area (Å²) in [5.41, 5.74) is 2.20. The van der Waals surface area contributed by atoms with Crippen molar-refractivity contribution < 1.29 is 14.2 Å². The number of hydrogen-bond acceptors (Lipinski definition) is 3. The van der Waals surface area contributed by atoms with E-state index in [1.54, 1.807) is 12.1 Å². The maximum Gasteiger partial charge on any atom is 0.123 e. The van der Waals surface area contributed by atoms with Gasteiger partial charge in [0.25, 0.3) is 0 Å². The summed E-state index contributed by atoms with van der Waals surface area (Å²) < 4.78 is 18.7. The number of rotatable bonds is 10. The standard InChI is InChI=1S/C21H28FNO2/c1-17(2)15-25-16-21(24)14-23(12-18-6-4-3-5-7-18)13-19-8-10-20(22)11-9-19/h3-11,17,21,24H,12-16H2,1-2H3/t21-/m0/s1. The van der Waals surface area contributed by atoms with Crippen LogP contribution in [0.25, 0.3) is 0 Å². The number of benzene rings is 2. The Balaban J connectivity index is 1.96. The van der Waals surface area contributed by atoms with E-state index in [4.69, 9.17) is 4.74 Å². The first kappa shape index (κ1) is 19.6. The van der Waals surface area contributed by atoms with E-state index in [2.05, 4.69) is 30.9 Å². The number of nitrogens with zero attached hydrogens (tertiary/aromatic N) is 1. The predicted molar refractivity (Wildman–Crippen MR) is 98.6 cm³/mol. The summed E-state index contributed by atoms with van der Waals surface area (Å²) in [7, 11) is 0. The molecule has 4 heteroatoms. The summed E-state index contributed by atoms with van der Waals surface area (Å²) in [4.78, 5) is 2.16. The first-order valence-corrected chi connectivity index (χ1v) is 8.79. The lowest BCUT2D eigenvalue weighted by Gasteiger charge is -2.25. The van der Waals surface area contributed by atoms with Gasteiger partial charge in [0.05, 0.1) is 12.7 Å². The topological polar surface area (TPSA) is 32.7 Å². The Kier molecular flexibility index (Phi) is 8.06. The van der Waals surface area contributed by atoms with Crippen molar-refractivity contribution in [2.75, 3.05) is 19.8 Å². The number of aliphatic hydroxyl groups excluding tert-OH is 1. The second kappa shape index (κ2) is 10.3. The molecule has 25 heavy (non-hydrogen) atoms. The van der Waals surface area contributed by atoms with Crippen LogP contribution in [0.15, 0.2) is 54.6 Å². The summed E-state index contributed by atoms with van der Waals surface area (Å²) in [6.07, 6.45) is -0.553. The molecule has 136 valence electrons. The summed E-state index contributed by atoms with van der Waals surface area (Å²) in [6.45, 7) is 7.02. The molecule has 0 aliphatic carbocycles. The molecule has 0 aliphatic heterocycles. The monoisotopic (exact) mass is 345 g/mol. The van der Waals surface area contributed by atoms with Gasteiger partial charge in [-0.15, -0.1) is 0 Å². The Morgan fingerprint density at radius 2 is 1.52 bits per heavy atom. The van der Waals surface area contributed by atoms with E-state index in [1.165, 1.54) is 17.7 Å². The van der Waals surface area contributed by atoms with Crippen molar-refractivity contribution >= 4 is 0 Å². The molecule has 0 spiro atoms. The summed E-state index contributed by atoms with van der Waals surface area (Å²) in [5.74, 6) is 0.215. The minimum Gasteiger partial charge on any atom is -0.389 e. The molecule has 2 aromatic rings. The van der Waals surface area contributed by atoms with Crippen LogP contribution < -0.4 is 0 Å². The van der Waals surface area contributed by atoms with Crippen molar-refractivity contribution in [2.45, 2.75) is 33.0 Å². The molecule has 0 heterocycles. The van der Waals surface area contributed by atoms with Gasteiger partial charge in [-0.2, -0.15) is 0 Å². The Labute approximate surface area is 150 Å². The molecule has 1 atom stereocenters. The second-order valence-corrected chi connectivity index (χ2v) is 6.87. The van der Waals surface area contributed by atoms with Crippen LogP contribution in [-0.4, -0.2) is 35.9 Å². The highest BCUT2D eigenvalue weighted by molar-refractivity contribution is 5.17. The quantitative estimate of drug-likeness (QED) is 0.710. The van der Waals surface area contributed by atoms with Gasteiger partial charge < -0.3 is 9.84 Å². The Morgan fingerprint density at radius 3 is 2.12 bits per heavy atom. The van der Waals surface area contributed by atoms with E-state index < -0.39 is 6.10 Å². The van der Waals surface area contributed by atoms with E-state index in [0.29, 0.717) is 32.2 Å². The fourth-order valence-electron chi connectivity index (χ4n) is 2.67. The summed E-state index contributed by atoms with van der Waals surface area (Å²) >= 11 is 0. The summed E-state index contributed by atoms with van der Waals surface area (Å²) in [6, 6.07) is 16.7. The fourth-order valence-corrected chi connectivity index (χ4v) is 2.67. The predicted octanol–water partition coefficient (Wildman–Crippen LogP) is 3.86. The molecular weight excluding hydrogens is 317 g/mol. The second-order valence-electron chi connectivity index (χ2n) is 6.87. The number of ether oxygens (including phenoxy) is 1. The lowest BCUT2D eigenvalue weighted by molar-refractivity contribution is 0.00554. The SMILES string of the molecule is CC(C)COC[C@@H](O)CN(Cc1ccccc1)Cc1ccc(F)cc1. The van der Waals surface area contributed by atoms with Gasteiger partial charge in [-0.1, -0.05) is 56.3 Å². The van der Waals surface area contributed by atoms with Crippen molar-refractivity contribution in [2.24, 2.45) is 5.92 Å². The smallest absolute Gasteiger partial charge is 0.123 e. The molecule has 0 saturated heterocycles. The molecule has 0 radical (unpaired) electrons. The van der Waals surface area contributed by atoms with Gasteiger partial charge in [-0.3, -0.25) is 4.90 Å². The average Bonchev–Trinajstić information content (AvgIpc) is 2.57. The molecule has 0 saturated carbocycles.